The zero-order chi connectivity index (χ0) is 22.0. The quantitative estimate of drug-likeness (QED) is 0.473. The van der Waals surface area contributed by atoms with Gasteiger partial charge >= 0.3 is 0 Å². The molecule has 4 rings (SSSR count). The topological polar surface area (TPSA) is 69.0 Å². The lowest BCUT2D eigenvalue weighted by Crippen LogP contribution is -2.25. The second kappa shape index (κ2) is 8.28. The molecule has 0 unspecified atom stereocenters. The molecule has 0 spiro atoms. The maximum atomic E-state index is 13.6. The van der Waals surface area contributed by atoms with Gasteiger partial charge in [-0.15, -0.1) is 0 Å². The van der Waals surface area contributed by atoms with E-state index in [1.54, 1.807) is 30.5 Å². The van der Waals surface area contributed by atoms with Crippen molar-refractivity contribution in [3.8, 4) is 22.3 Å². The van der Waals surface area contributed by atoms with Crippen molar-refractivity contribution in [2.24, 2.45) is 0 Å². The van der Waals surface area contributed by atoms with E-state index in [9.17, 15) is 17.6 Å². The highest BCUT2D eigenvalue weighted by Gasteiger charge is 2.17. The Hall–Kier alpha value is -3.58. The van der Waals surface area contributed by atoms with E-state index in [2.05, 4.69) is 5.10 Å². The van der Waals surface area contributed by atoms with Crippen LogP contribution in [0.3, 0.4) is 0 Å². The van der Waals surface area contributed by atoms with E-state index in [4.69, 9.17) is 0 Å². The Morgan fingerprint density at radius 3 is 2.32 bits per heavy atom. The molecule has 0 saturated carbocycles. The van der Waals surface area contributed by atoms with E-state index >= 15 is 0 Å². The molecular formula is C24H19FN2O3S. The Balaban J connectivity index is 1.91. The normalized spacial score (nSPS) is 11.4. The number of sulfone groups is 1. The minimum absolute atomic E-state index is 0.111. The van der Waals surface area contributed by atoms with Gasteiger partial charge in [-0.05, 0) is 41.0 Å². The molecule has 31 heavy (non-hydrogen) atoms. The second-order valence-corrected chi connectivity index (χ2v) is 9.21. The van der Waals surface area contributed by atoms with Crippen molar-refractivity contribution in [3.05, 3.63) is 107 Å². The lowest BCUT2D eigenvalue weighted by molar-refractivity contribution is 0.602. The third-order valence-electron chi connectivity index (χ3n) is 4.90. The number of rotatable bonds is 5. The summed E-state index contributed by atoms with van der Waals surface area (Å²) in [5.74, 6) is -0.386. The van der Waals surface area contributed by atoms with E-state index in [0.29, 0.717) is 27.8 Å². The third-order valence-corrected chi connectivity index (χ3v) is 6.01. The zero-order valence-corrected chi connectivity index (χ0v) is 17.5. The average molecular weight is 434 g/mol. The monoisotopic (exact) mass is 434 g/mol. The summed E-state index contributed by atoms with van der Waals surface area (Å²) in [6, 6.07) is 21.6. The summed E-state index contributed by atoms with van der Waals surface area (Å²) >= 11 is 0. The van der Waals surface area contributed by atoms with Crippen LogP contribution >= 0.6 is 0 Å². The molecule has 0 aliphatic rings. The first-order chi connectivity index (χ1) is 14.8. The lowest BCUT2D eigenvalue weighted by atomic mass is 9.97. The number of halogens is 1. The summed E-state index contributed by atoms with van der Waals surface area (Å²) in [5.41, 5.74) is 2.44. The molecule has 0 N–H and O–H groups in total. The van der Waals surface area contributed by atoms with E-state index in [-0.39, 0.29) is 22.8 Å². The van der Waals surface area contributed by atoms with Crippen molar-refractivity contribution in [3.63, 3.8) is 0 Å². The van der Waals surface area contributed by atoms with Crippen LogP contribution in [0.4, 0.5) is 4.39 Å². The Labute approximate surface area is 179 Å². The van der Waals surface area contributed by atoms with Crippen LogP contribution in [0.5, 0.6) is 0 Å². The highest BCUT2D eigenvalue weighted by atomic mass is 32.2. The third kappa shape index (κ3) is 4.46. The van der Waals surface area contributed by atoms with Gasteiger partial charge in [0.05, 0.1) is 23.2 Å². The lowest BCUT2D eigenvalue weighted by Gasteiger charge is -2.13. The summed E-state index contributed by atoms with van der Waals surface area (Å²) < 4.78 is 38.9. The van der Waals surface area contributed by atoms with Gasteiger partial charge in [-0.1, -0.05) is 54.6 Å². The van der Waals surface area contributed by atoms with Crippen molar-refractivity contribution in [1.82, 2.24) is 9.78 Å². The Morgan fingerprint density at radius 2 is 1.61 bits per heavy atom. The van der Waals surface area contributed by atoms with Gasteiger partial charge < -0.3 is 0 Å². The fourth-order valence-corrected chi connectivity index (χ4v) is 4.07. The molecule has 156 valence electrons. The summed E-state index contributed by atoms with van der Waals surface area (Å²) in [5, 5.41) is 4.29. The summed E-state index contributed by atoms with van der Waals surface area (Å²) in [6.45, 7) is 0.111. The average Bonchev–Trinajstić information content (AvgIpc) is 2.75. The van der Waals surface area contributed by atoms with Gasteiger partial charge in [0.15, 0.2) is 9.84 Å². The molecule has 7 heteroatoms. The molecule has 1 aromatic heterocycles. The maximum absolute atomic E-state index is 13.6. The fourth-order valence-electron chi connectivity index (χ4n) is 3.41. The molecule has 0 aliphatic heterocycles. The standard InChI is InChI=1S/C24H19FN2O3S/c1-31(29,30)21-12-6-10-19(14-21)22-15-26-27(16-17-7-5-11-20(25)13-17)24(28)23(22)18-8-3-2-4-9-18/h2-15H,16H2,1H3. The highest BCUT2D eigenvalue weighted by molar-refractivity contribution is 7.90. The Morgan fingerprint density at radius 1 is 0.903 bits per heavy atom. The van der Waals surface area contributed by atoms with Gasteiger partial charge in [-0.2, -0.15) is 5.10 Å². The number of benzene rings is 3. The van der Waals surface area contributed by atoms with Gasteiger partial charge in [0.25, 0.3) is 5.56 Å². The molecule has 5 nitrogen and oxygen atoms in total. The molecule has 1 heterocycles. The van der Waals surface area contributed by atoms with Crippen LogP contribution in [0.25, 0.3) is 22.3 Å². The maximum Gasteiger partial charge on any atom is 0.275 e. The minimum Gasteiger partial charge on any atom is -0.267 e. The predicted octanol–water partition coefficient (Wildman–Crippen LogP) is 4.17. The molecule has 0 fully saturated rings. The minimum atomic E-state index is -3.41. The van der Waals surface area contributed by atoms with Gasteiger partial charge in [0.1, 0.15) is 5.82 Å². The summed E-state index contributed by atoms with van der Waals surface area (Å²) in [7, 11) is -3.41. The van der Waals surface area contributed by atoms with Crippen molar-refractivity contribution in [1.29, 1.82) is 0 Å². The van der Waals surface area contributed by atoms with Crippen LogP contribution in [0.1, 0.15) is 5.56 Å². The SMILES string of the molecule is CS(=O)(=O)c1cccc(-c2cnn(Cc3cccc(F)c3)c(=O)c2-c2ccccc2)c1. The highest BCUT2D eigenvalue weighted by Crippen LogP contribution is 2.30. The zero-order valence-electron chi connectivity index (χ0n) is 16.7. The summed E-state index contributed by atoms with van der Waals surface area (Å²) in [4.78, 5) is 13.6. The van der Waals surface area contributed by atoms with Gasteiger partial charge in [-0.3, -0.25) is 4.79 Å². The molecule has 0 radical (unpaired) electrons. The van der Waals surface area contributed by atoms with Crippen LogP contribution in [0, 0.1) is 5.82 Å². The molecule has 0 saturated heterocycles. The van der Waals surface area contributed by atoms with E-state index in [1.807, 2.05) is 30.3 Å². The van der Waals surface area contributed by atoms with Crippen LogP contribution in [0.2, 0.25) is 0 Å². The molecular weight excluding hydrogens is 415 g/mol. The van der Waals surface area contributed by atoms with Gasteiger partial charge in [0, 0.05) is 11.8 Å². The number of aromatic nitrogens is 2. The Bertz CT molecular complexity index is 1410. The van der Waals surface area contributed by atoms with Crippen LogP contribution in [-0.2, 0) is 16.4 Å². The predicted molar refractivity (Wildman–Crippen MR) is 118 cm³/mol. The fraction of sp³-hybridized carbons (Fsp3) is 0.0833. The first-order valence-corrected chi connectivity index (χ1v) is 11.4. The second-order valence-electron chi connectivity index (χ2n) is 7.19. The number of hydrogen-bond acceptors (Lipinski definition) is 4. The Kier molecular flexibility index (Phi) is 5.52. The van der Waals surface area contributed by atoms with Crippen molar-refractivity contribution >= 4 is 9.84 Å². The molecule has 0 aliphatic carbocycles. The number of hydrogen-bond donors (Lipinski definition) is 0. The molecule has 3 aromatic carbocycles. The van der Waals surface area contributed by atoms with Crippen LogP contribution < -0.4 is 5.56 Å². The van der Waals surface area contributed by atoms with E-state index in [0.717, 1.165) is 6.26 Å². The van der Waals surface area contributed by atoms with E-state index < -0.39 is 9.84 Å². The first kappa shape index (κ1) is 20.7. The van der Waals surface area contributed by atoms with Crippen molar-refractivity contribution < 1.29 is 12.8 Å². The van der Waals surface area contributed by atoms with Gasteiger partial charge in [0.2, 0.25) is 0 Å². The summed E-state index contributed by atoms with van der Waals surface area (Å²) in [6.07, 6.45) is 2.68. The van der Waals surface area contributed by atoms with Gasteiger partial charge in [-0.25, -0.2) is 17.5 Å². The molecule has 0 amide bonds. The number of nitrogens with zero attached hydrogens (tertiary/aromatic N) is 2. The molecule has 0 atom stereocenters. The van der Waals surface area contributed by atoms with Crippen molar-refractivity contribution in [2.45, 2.75) is 11.4 Å². The molecule has 4 aromatic rings. The smallest absolute Gasteiger partial charge is 0.267 e. The molecule has 0 bridgehead atoms. The van der Waals surface area contributed by atoms with E-state index in [1.165, 1.54) is 28.9 Å². The largest absolute Gasteiger partial charge is 0.275 e. The van der Waals surface area contributed by atoms with Crippen LogP contribution in [0.15, 0.2) is 94.7 Å². The first-order valence-electron chi connectivity index (χ1n) is 9.53. The van der Waals surface area contributed by atoms with Crippen molar-refractivity contribution in [2.75, 3.05) is 6.26 Å². The van der Waals surface area contributed by atoms with Crippen LogP contribution in [-0.4, -0.2) is 24.5 Å².